The minimum atomic E-state index is -0.891. The molecule has 1 aromatic heterocycles. The van der Waals surface area contributed by atoms with Crippen LogP contribution < -0.4 is 5.32 Å². The SMILES string of the molecule is Cc1c2c(nc3ccc(C(=O)O)cc13)CCNCC2. The third kappa shape index (κ3) is 2.08. The van der Waals surface area contributed by atoms with E-state index in [1.165, 1.54) is 11.1 Å². The molecule has 2 aromatic rings. The van der Waals surface area contributed by atoms with Crippen LogP contribution in [0.4, 0.5) is 0 Å². The highest BCUT2D eigenvalue weighted by Gasteiger charge is 2.15. The predicted molar refractivity (Wildman–Crippen MR) is 73.7 cm³/mol. The van der Waals surface area contributed by atoms with Crippen molar-refractivity contribution in [3.8, 4) is 0 Å². The van der Waals surface area contributed by atoms with Crippen molar-refractivity contribution < 1.29 is 9.90 Å². The maximum absolute atomic E-state index is 11.1. The van der Waals surface area contributed by atoms with Crippen molar-refractivity contribution in [2.75, 3.05) is 13.1 Å². The normalized spacial score (nSPS) is 15.0. The number of nitrogens with one attached hydrogen (secondary N) is 1. The van der Waals surface area contributed by atoms with Crippen LogP contribution in [0.1, 0.15) is 27.2 Å². The van der Waals surface area contributed by atoms with Gasteiger partial charge in [-0.05, 0) is 49.2 Å². The van der Waals surface area contributed by atoms with Crippen molar-refractivity contribution >= 4 is 16.9 Å². The van der Waals surface area contributed by atoms with E-state index in [4.69, 9.17) is 10.1 Å². The first-order valence-electron chi connectivity index (χ1n) is 6.53. The van der Waals surface area contributed by atoms with E-state index in [0.717, 1.165) is 42.5 Å². The summed E-state index contributed by atoms with van der Waals surface area (Å²) in [4.78, 5) is 15.8. The van der Waals surface area contributed by atoms with Gasteiger partial charge in [0.25, 0.3) is 0 Å². The van der Waals surface area contributed by atoms with E-state index in [2.05, 4.69) is 12.2 Å². The lowest BCUT2D eigenvalue weighted by molar-refractivity contribution is 0.0697. The molecule has 1 aliphatic rings. The number of carboxylic acids is 1. The molecule has 0 bridgehead atoms. The van der Waals surface area contributed by atoms with Crippen LogP contribution in [0.3, 0.4) is 0 Å². The van der Waals surface area contributed by atoms with E-state index in [1.54, 1.807) is 12.1 Å². The molecule has 3 rings (SSSR count). The molecule has 4 nitrogen and oxygen atoms in total. The standard InChI is InChI=1S/C15H16N2O2/c1-9-11-4-6-16-7-5-14(11)17-13-3-2-10(15(18)19)8-12(9)13/h2-3,8,16H,4-7H2,1H3,(H,18,19). The molecule has 0 aliphatic carbocycles. The molecule has 98 valence electrons. The molecule has 0 amide bonds. The number of pyridine rings is 1. The number of aromatic nitrogens is 1. The lowest BCUT2D eigenvalue weighted by Crippen LogP contribution is -2.16. The Kier molecular flexibility index (Phi) is 2.95. The second-order valence-corrected chi connectivity index (χ2v) is 4.95. The molecule has 0 atom stereocenters. The second kappa shape index (κ2) is 4.63. The molecule has 2 N–H and O–H groups in total. The summed E-state index contributed by atoms with van der Waals surface area (Å²) in [6.07, 6.45) is 1.90. The molecular formula is C15H16N2O2. The predicted octanol–water partition coefficient (Wildman–Crippen LogP) is 1.93. The zero-order valence-electron chi connectivity index (χ0n) is 10.9. The van der Waals surface area contributed by atoms with Gasteiger partial charge < -0.3 is 10.4 Å². The lowest BCUT2D eigenvalue weighted by atomic mass is 9.97. The summed E-state index contributed by atoms with van der Waals surface area (Å²) < 4.78 is 0. The van der Waals surface area contributed by atoms with Crippen molar-refractivity contribution in [1.29, 1.82) is 0 Å². The fraction of sp³-hybridized carbons (Fsp3) is 0.333. The van der Waals surface area contributed by atoms with Gasteiger partial charge in [-0.15, -0.1) is 0 Å². The summed E-state index contributed by atoms with van der Waals surface area (Å²) in [5, 5.41) is 13.4. The molecular weight excluding hydrogens is 240 g/mol. The van der Waals surface area contributed by atoms with Crippen molar-refractivity contribution in [3.63, 3.8) is 0 Å². The number of nitrogens with zero attached hydrogens (tertiary/aromatic N) is 1. The Morgan fingerprint density at radius 3 is 2.89 bits per heavy atom. The van der Waals surface area contributed by atoms with E-state index in [9.17, 15) is 4.79 Å². The van der Waals surface area contributed by atoms with E-state index in [0.29, 0.717) is 5.56 Å². The number of carboxylic acid groups (broad SMARTS) is 1. The Morgan fingerprint density at radius 1 is 1.32 bits per heavy atom. The number of benzene rings is 1. The fourth-order valence-corrected chi connectivity index (χ4v) is 2.74. The Bertz CT molecular complexity index is 665. The van der Waals surface area contributed by atoms with Gasteiger partial charge in [0, 0.05) is 24.0 Å². The van der Waals surface area contributed by atoms with Gasteiger partial charge in [-0.25, -0.2) is 4.79 Å². The Morgan fingerprint density at radius 2 is 2.11 bits per heavy atom. The fourth-order valence-electron chi connectivity index (χ4n) is 2.74. The maximum atomic E-state index is 11.1. The Hall–Kier alpha value is -1.94. The van der Waals surface area contributed by atoms with Gasteiger partial charge in [-0.2, -0.15) is 0 Å². The highest BCUT2D eigenvalue weighted by atomic mass is 16.4. The average molecular weight is 256 g/mol. The molecule has 0 unspecified atom stereocenters. The van der Waals surface area contributed by atoms with E-state index in [1.807, 2.05) is 6.07 Å². The Balaban J connectivity index is 2.25. The van der Waals surface area contributed by atoms with Crippen LogP contribution in [-0.4, -0.2) is 29.1 Å². The number of hydrogen-bond donors (Lipinski definition) is 2. The lowest BCUT2D eigenvalue weighted by Gasteiger charge is -2.12. The number of carbonyl (C=O) groups is 1. The van der Waals surface area contributed by atoms with Crippen LogP contribution in [0.15, 0.2) is 18.2 Å². The third-order valence-corrected chi connectivity index (χ3v) is 3.79. The zero-order chi connectivity index (χ0) is 13.4. The average Bonchev–Trinajstić information content (AvgIpc) is 2.64. The topological polar surface area (TPSA) is 62.2 Å². The number of aryl methyl sites for hydroxylation is 1. The summed E-state index contributed by atoms with van der Waals surface area (Å²) in [7, 11) is 0. The van der Waals surface area contributed by atoms with Crippen molar-refractivity contribution in [1.82, 2.24) is 10.3 Å². The number of aromatic carboxylic acids is 1. The smallest absolute Gasteiger partial charge is 0.335 e. The van der Waals surface area contributed by atoms with Gasteiger partial charge in [0.1, 0.15) is 0 Å². The van der Waals surface area contributed by atoms with Gasteiger partial charge in [0.05, 0.1) is 11.1 Å². The molecule has 0 saturated carbocycles. The largest absolute Gasteiger partial charge is 0.478 e. The first-order valence-corrected chi connectivity index (χ1v) is 6.53. The van der Waals surface area contributed by atoms with E-state index >= 15 is 0 Å². The van der Waals surface area contributed by atoms with Crippen LogP contribution in [0, 0.1) is 6.92 Å². The monoisotopic (exact) mass is 256 g/mol. The molecule has 2 heterocycles. The minimum Gasteiger partial charge on any atom is -0.478 e. The molecule has 0 saturated heterocycles. The van der Waals surface area contributed by atoms with Crippen LogP contribution in [0.2, 0.25) is 0 Å². The molecule has 19 heavy (non-hydrogen) atoms. The molecule has 0 spiro atoms. The van der Waals surface area contributed by atoms with Crippen molar-refractivity contribution in [2.45, 2.75) is 19.8 Å². The van der Waals surface area contributed by atoms with Crippen molar-refractivity contribution in [2.24, 2.45) is 0 Å². The first kappa shape index (κ1) is 12.1. The highest BCUT2D eigenvalue weighted by molar-refractivity contribution is 5.94. The summed E-state index contributed by atoms with van der Waals surface area (Å²) in [5.41, 5.74) is 4.82. The first-order chi connectivity index (χ1) is 9.16. The third-order valence-electron chi connectivity index (χ3n) is 3.79. The number of hydrogen-bond acceptors (Lipinski definition) is 3. The quantitative estimate of drug-likeness (QED) is 0.818. The van der Waals surface area contributed by atoms with Crippen LogP contribution in [0.5, 0.6) is 0 Å². The summed E-state index contributed by atoms with van der Waals surface area (Å²) in [5.74, 6) is -0.891. The summed E-state index contributed by atoms with van der Waals surface area (Å²) in [6.45, 7) is 3.98. The molecule has 1 aliphatic heterocycles. The van der Waals surface area contributed by atoms with Gasteiger partial charge in [-0.1, -0.05) is 0 Å². The molecule has 0 fully saturated rings. The highest BCUT2D eigenvalue weighted by Crippen LogP contribution is 2.25. The van der Waals surface area contributed by atoms with Crippen molar-refractivity contribution in [3.05, 3.63) is 40.6 Å². The number of rotatable bonds is 1. The Labute approximate surface area is 111 Å². The van der Waals surface area contributed by atoms with E-state index < -0.39 is 5.97 Å². The van der Waals surface area contributed by atoms with Crippen LogP contribution in [0.25, 0.3) is 10.9 Å². The molecule has 4 heteroatoms. The maximum Gasteiger partial charge on any atom is 0.335 e. The van der Waals surface area contributed by atoms with Gasteiger partial charge in [-0.3, -0.25) is 4.98 Å². The van der Waals surface area contributed by atoms with E-state index in [-0.39, 0.29) is 0 Å². The molecule has 0 radical (unpaired) electrons. The van der Waals surface area contributed by atoms with Crippen LogP contribution >= 0.6 is 0 Å². The van der Waals surface area contributed by atoms with Gasteiger partial charge in [0.2, 0.25) is 0 Å². The second-order valence-electron chi connectivity index (χ2n) is 4.95. The molecule has 1 aromatic carbocycles. The van der Waals surface area contributed by atoms with Gasteiger partial charge in [0.15, 0.2) is 0 Å². The van der Waals surface area contributed by atoms with Crippen LogP contribution in [-0.2, 0) is 12.8 Å². The zero-order valence-corrected chi connectivity index (χ0v) is 10.9. The number of fused-ring (bicyclic) bond motifs is 2. The summed E-state index contributed by atoms with van der Waals surface area (Å²) in [6, 6.07) is 5.17. The summed E-state index contributed by atoms with van der Waals surface area (Å²) >= 11 is 0. The van der Waals surface area contributed by atoms with Gasteiger partial charge >= 0.3 is 5.97 Å². The minimum absolute atomic E-state index is 0.323.